The average Bonchev–Trinajstić information content (AvgIpc) is 2.58. The van der Waals surface area contributed by atoms with Gasteiger partial charge in [0.15, 0.2) is 15.2 Å². The molecule has 0 rings (SSSR count). The molecule has 172 valence electrons. The van der Waals surface area contributed by atoms with Gasteiger partial charge in [0.1, 0.15) is 0 Å². The summed E-state index contributed by atoms with van der Waals surface area (Å²) in [5.41, 5.74) is 1.94. The molecule has 29 heavy (non-hydrogen) atoms. The van der Waals surface area contributed by atoms with Crippen molar-refractivity contribution >= 4 is 25.3 Å². The Labute approximate surface area is 185 Å². The summed E-state index contributed by atoms with van der Waals surface area (Å²) in [6.07, 6.45) is 0.837. The van der Waals surface area contributed by atoms with E-state index in [1.165, 1.54) is 11.8 Å². The van der Waals surface area contributed by atoms with Crippen LogP contribution < -0.4 is 0 Å². The maximum Gasteiger partial charge on any atom is 0.214 e. The van der Waals surface area contributed by atoms with Crippen LogP contribution in [0.3, 0.4) is 0 Å². The Morgan fingerprint density at radius 1 is 0.862 bits per heavy atom. The summed E-state index contributed by atoms with van der Waals surface area (Å²) in [5, 5.41) is 0.166. The number of carbonyl (C=O) groups excluding carboxylic acids is 1. The third kappa shape index (κ3) is 10.8. The first-order valence-corrected chi connectivity index (χ1v) is 12.9. The van der Waals surface area contributed by atoms with E-state index in [1.54, 1.807) is 0 Å². The first kappa shape index (κ1) is 29.0. The molecule has 0 saturated heterocycles. The van der Waals surface area contributed by atoms with Crippen LogP contribution in [-0.4, -0.2) is 57.8 Å². The molecule has 0 aliphatic heterocycles. The Morgan fingerprint density at radius 2 is 1.31 bits per heavy atom. The Kier molecular flexibility index (Phi) is 15.0. The minimum absolute atomic E-state index is 0.166. The quantitative estimate of drug-likeness (QED) is 0.132. The summed E-state index contributed by atoms with van der Waals surface area (Å²) >= 11 is 1.37. The maximum atomic E-state index is 12.0. The van der Waals surface area contributed by atoms with Gasteiger partial charge in [0, 0.05) is 35.5 Å². The molecule has 0 aromatic carbocycles. The molecule has 0 amide bonds. The third-order valence-electron chi connectivity index (χ3n) is 4.49. The Morgan fingerprint density at radius 3 is 1.69 bits per heavy atom. The highest BCUT2D eigenvalue weighted by Gasteiger charge is 2.34. The molecule has 0 radical (unpaired) electrons. The summed E-state index contributed by atoms with van der Waals surface area (Å²) in [4.78, 5) is 12.0. The van der Waals surface area contributed by atoms with Crippen LogP contribution in [0, 0.1) is 0 Å². The number of carbonyl (C=O) groups is 1. The van der Waals surface area contributed by atoms with Gasteiger partial charge in [-0.2, -0.15) is 0 Å². The Bertz CT molecular complexity index is 470. The molecular weight excluding hydrogens is 403 g/mol. The normalized spacial score (nSPS) is 12.5. The molecule has 0 aromatic heterocycles. The molecule has 5 nitrogen and oxygen atoms in total. The lowest BCUT2D eigenvalue weighted by Crippen LogP contribution is -2.43. The molecule has 0 N–H and O–H groups in total. The van der Waals surface area contributed by atoms with E-state index >= 15 is 0 Å². The van der Waals surface area contributed by atoms with Gasteiger partial charge >= 0.3 is 0 Å². The molecule has 7 heteroatoms. The third-order valence-corrected chi connectivity index (χ3v) is 8.52. The second-order valence-corrected chi connectivity index (χ2v) is 11.4. The van der Waals surface area contributed by atoms with Gasteiger partial charge in [-0.1, -0.05) is 17.3 Å². The maximum absolute atomic E-state index is 12.0. The van der Waals surface area contributed by atoms with Gasteiger partial charge in [-0.15, -0.1) is 0 Å². The fourth-order valence-electron chi connectivity index (χ4n) is 3.02. The van der Waals surface area contributed by atoms with Crippen LogP contribution in [0.4, 0.5) is 0 Å². The van der Waals surface area contributed by atoms with Crippen molar-refractivity contribution in [2.45, 2.75) is 107 Å². The molecule has 0 saturated carbocycles. The fourth-order valence-corrected chi connectivity index (χ4v) is 6.14. The summed E-state index contributed by atoms with van der Waals surface area (Å²) in [6, 6.07) is 1.56. The van der Waals surface area contributed by atoms with E-state index in [0.29, 0.717) is 30.8 Å². The Hall–Kier alpha value is 0.0300. The minimum atomic E-state index is -0.920. The van der Waals surface area contributed by atoms with E-state index in [2.05, 4.69) is 64.7 Å². The van der Waals surface area contributed by atoms with E-state index < -0.39 is 8.45 Å². The second-order valence-electron chi connectivity index (χ2n) is 8.66. The summed E-state index contributed by atoms with van der Waals surface area (Å²) in [6.45, 7) is 24.5. The molecule has 0 bridgehead atoms. The molecule has 0 spiro atoms. The van der Waals surface area contributed by atoms with Gasteiger partial charge in [-0.3, -0.25) is 4.79 Å². The van der Waals surface area contributed by atoms with Gasteiger partial charge < -0.3 is 9.26 Å². The van der Waals surface area contributed by atoms with Crippen molar-refractivity contribution in [2.24, 2.45) is 0 Å². The van der Waals surface area contributed by atoms with Gasteiger partial charge in [0.05, 0.1) is 6.61 Å². The lowest BCUT2D eigenvalue weighted by atomic mass is 10.2. The zero-order chi connectivity index (χ0) is 22.7. The van der Waals surface area contributed by atoms with Crippen molar-refractivity contribution in [3.63, 3.8) is 0 Å². The molecule has 0 fully saturated rings. The molecule has 0 aliphatic rings. The van der Waals surface area contributed by atoms with E-state index in [9.17, 15) is 4.79 Å². The van der Waals surface area contributed by atoms with Crippen LogP contribution in [-0.2, 0) is 14.1 Å². The van der Waals surface area contributed by atoms with Crippen molar-refractivity contribution in [3.8, 4) is 0 Å². The van der Waals surface area contributed by atoms with E-state index in [4.69, 9.17) is 9.26 Å². The lowest BCUT2D eigenvalue weighted by Gasteiger charge is -2.45. The van der Waals surface area contributed by atoms with Crippen LogP contribution in [0.15, 0.2) is 11.1 Å². The predicted octanol–water partition coefficient (Wildman–Crippen LogP) is 6.45. The van der Waals surface area contributed by atoms with Crippen molar-refractivity contribution < 1.29 is 14.1 Å². The van der Waals surface area contributed by atoms with Crippen molar-refractivity contribution in [1.82, 2.24) is 9.34 Å². The zero-order valence-electron chi connectivity index (χ0n) is 20.6. The first-order chi connectivity index (χ1) is 13.4. The molecule has 0 unspecified atom stereocenters. The Balaban J connectivity index is 4.69. The molecule has 0 aromatic rings. The molecule has 0 atom stereocenters. The molecule has 0 heterocycles. The van der Waals surface area contributed by atoms with Crippen LogP contribution in [0.25, 0.3) is 0 Å². The highest BCUT2D eigenvalue weighted by atomic mass is 32.2. The topological polar surface area (TPSA) is 42.0 Å². The monoisotopic (exact) mass is 448 g/mol. The predicted molar refractivity (Wildman–Crippen MR) is 129 cm³/mol. The second kappa shape index (κ2) is 14.9. The number of thioether (sulfide) groups is 1. The van der Waals surface area contributed by atoms with Crippen LogP contribution in [0.2, 0.25) is 0 Å². The van der Waals surface area contributed by atoms with Crippen molar-refractivity contribution in [1.29, 1.82) is 0 Å². The number of rotatable bonds is 14. The smallest absolute Gasteiger partial charge is 0.214 e. The van der Waals surface area contributed by atoms with E-state index in [-0.39, 0.29) is 11.9 Å². The molecular formula is C22H45N2O3PS. The van der Waals surface area contributed by atoms with E-state index in [1.807, 2.05) is 20.8 Å². The summed E-state index contributed by atoms with van der Waals surface area (Å²) in [7, 11) is -0.920. The summed E-state index contributed by atoms with van der Waals surface area (Å²) < 4.78 is 17.0. The largest absolute Gasteiger partial charge is 0.355 e. The fraction of sp³-hybridized carbons (Fsp3) is 0.864. The number of allylic oxidation sites excluding steroid dienone is 1. The van der Waals surface area contributed by atoms with Crippen LogP contribution in [0.5, 0.6) is 0 Å². The van der Waals surface area contributed by atoms with Crippen molar-refractivity contribution in [3.05, 3.63) is 11.1 Å². The van der Waals surface area contributed by atoms with Gasteiger partial charge in [0.2, 0.25) is 5.12 Å². The van der Waals surface area contributed by atoms with Crippen LogP contribution in [0.1, 0.15) is 82.6 Å². The SMILES string of the molecule is CC(C)=C(C)C(=O)SCCCOCOP(N(C(C)C)C(C)C)N(C(C)C)C(C)C. The first-order valence-electron chi connectivity index (χ1n) is 10.8. The standard InChI is InChI=1S/C22H45N2O3PS/c1-16(2)21(11)22(25)29-14-12-13-26-15-27-28(23(17(3)4)18(5)6)24(19(7)8)20(9)10/h17-20H,12-15H2,1-11H3. The van der Waals surface area contributed by atoms with Crippen LogP contribution >= 0.6 is 20.2 Å². The van der Waals surface area contributed by atoms with Gasteiger partial charge in [-0.05, 0) is 82.6 Å². The van der Waals surface area contributed by atoms with Gasteiger partial charge in [0.25, 0.3) is 0 Å². The lowest BCUT2D eigenvalue weighted by molar-refractivity contribution is -0.107. The average molecular weight is 449 g/mol. The van der Waals surface area contributed by atoms with Crippen molar-refractivity contribution in [2.75, 3.05) is 19.2 Å². The highest BCUT2D eigenvalue weighted by molar-refractivity contribution is 8.14. The number of hydrogen-bond acceptors (Lipinski definition) is 6. The van der Waals surface area contributed by atoms with E-state index in [0.717, 1.165) is 23.3 Å². The zero-order valence-corrected chi connectivity index (χ0v) is 22.3. The highest BCUT2D eigenvalue weighted by Crippen LogP contribution is 2.50. The number of ether oxygens (including phenoxy) is 1. The molecule has 0 aliphatic carbocycles. The number of nitrogens with zero attached hydrogens (tertiary/aromatic N) is 2. The number of hydrogen-bond donors (Lipinski definition) is 0. The summed E-state index contributed by atoms with van der Waals surface area (Å²) in [5.74, 6) is 0.770. The minimum Gasteiger partial charge on any atom is -0.355 e. The van der Waals surface area contributed by atoms with Gasteiger partial charge in [-0.25, -0.2) is 9.34 Å².